The number of amides is 2. The van der Waals surface area contributed by atoms with Crippen LogP contribution in [-0.4, -0.2) is 36.7 Å². The second-order valence-electron chi connectivity index (χ2n) is 5.76. The lowest BCUT2D eigenvalue weighted by atomic mass is 9.97. The molecule has 0 unspecified atom stereocenters. The molecule has 1 aromatic rings. The molecule has 0 spiro atoms. The second-order valence-corrected chi connectivity index (χ2v) is 6.91. The van der Waals surface area contributed by atoms with Gasteiger partial charge in [0.25, 0.3) is 0 Å². The topological polar surface area (TPSA) is 50.4 Å². The van der Waals surface area contributed by atoms with Crippen LogP contribution in [0.4, 0.5) is 4.79 Å². The zero-order valence-corrected chi connectivity index (χ0v) is 13.0. The van der Waals surface area contributed by atoms with Gasteiger partial charge in [-0.15, -0.1) is 0 Å². The molecule has 2 heterocycles. The highest BCUT2D eigenvalue weighted by atomic mass is 32.2. The SMILES string of the molecule is O=C(NC[C@H]1COc2ccccc2C1)N[C@H]1CCCSC1. The van der Waals surface area contributed by atoms with Crippen molar-refractivity contribution < 1.29 is 9.53 Å². The third kappa shape index (κ3) is 4.06. The van der Waals surface area contributed by atoms with E-state index in [2.05, 4.69) is 16.7 Å². The van der Waals surface area contributed by atoms with E-state index in [9.17, 15) is 4.79 Å². The van der Waals surface area contributed by atoms with Gasteiger partial charge in [-0.05, 0) is 36.6 Å². The molecule has 4 nitrogen and oxygen atoms in total. The smallest absolute Gasteiger partial charge is 0.315 e. The summed E-state index contributed by atoms with van der Waals surface area (Å²) >= 11 is 1.92. The Labute approximate surface area is 130 Å². The Kier molecular flexibility index (Phi) is 4.91. The van der Waals surface area contributed by atoms with Crippen LogP contribution >= 0.6 is 11.8 Å². The summed E-state index contributed by atoms with van der Waals surface area (Å²) in [4.78, 5) is 11.9. The predicted octanol–water partition coefficient (Wildman–Crippen LogP) is 2.43. The van der Waals surface area contributed by atoms with Crippen molar-refractivity contribution in [2.75, 3.05) is 24.7 Å². The minimum absolute atomic E-state index is 0.0404. The maximum absolute atomic E-state index is 11.9. The average Bonchev–Trinajstić information content (AvgIpc) is 2.54. The largest absolute Gasteiger partial charge is 0.493 e. The molecule has 2 aliphatic rings. The van der Waals surface area contributed by atoms with Crippen molar-refractivity contribution >= 4 is 17.8 Å². The monoisotopic (exact) mass is 306 g/mol. The molecule has 0 bridgehead atoms. The lowest BCUT2D eigenvalue weighted by molar-refractivity contribution is 0.210. The van der Waals surface area contributed by atoms with Gasteiger partial charge < -0.3 is 15.4 Å². The number of ether oxygens (including phenoxy) is 1. The highest BCUT2D eigenvalue weighted by Crippen LogP contribution is 2.26. The molecule has 0 aliphatic carbocycles. The van der Waals surface area contributed by atoms with E-state index in [0.29, 0.717) is 25.1 Å². The Morgan fingerprint density at radius 2 is 2.29 bits per heavy atom. The van der Waals surface area contributed by atoms with Gasteiger partial charge in [0, 0.05) is 24.3 Å². The maximum atomic E-state index is 11.9. The summed E-state index contributed by atoms with van der Waals surface area (Å²) in [5, 5.41) is 6.06. The number of benzene rings is 1. The normalized spacial score (nSPS) is 24.6. The number of fused-ring (bicyclic) bond motifs is 1. The van der Waals surface area contributed by atoms with Crippen molar-refractivity contribution in [2.24, 2.45) is 5.92 Å². The molecule has 1 saturated heterocycles. The predicted molar refractivity (Wildman–Crippen MR) is 86.0 cm³/mol. The third-order valence-electron chi connectivity index (χ3n) is 4.00. The highest BCUT2D eigenvalue weighted by Gasteiger charge is 2.21. The summed E-state index contributed by atoms with van der Waals surface area (Å²) < 4.78 is 5.74. The van der Waals surface area contributed by atoms with E-state index in [4.69, 9.17) is 4.74 Å². The molecule has 2 atom stereocenters. The van der Waals surface area contributed by atoms with Crippen LogP contribution in [0.15, 0.2) is 24.3 Å². The lowest BCUT2D eigenvalue weighted by Crippen LogP contribution is -2.46. The van der Waals surface area contributed by atoms with E-state index in [-0.39, 0.29) is 6.03 Å². The van der Waals surface area contributed by atoms with Crippen molar-refractivity contribution in [2.45, 2.75) is 25.3 Å². The summed E-state index contributed by atoms with van der Waals surface area (Å²) in [6.07, 6.45) is 3.26. The van der Waals surface area contributed by atoms with Crippen LogP contribution < -0.4 is 15.4 Å². The van der Waals surface area contributed by atoms with Crippen LogP contribution in [0, 0.1) is 5.92 Å². The zero-order chi connectivity index (χ0) is 14.5. The zero-order valence-electron chi connectivity index (χ0n) is 12.1. The van der Waals surface area contributed by atoms with Gasteiger partial charge in [-0.1, -0.05) is 18.2 Å². The van der Waals surface area contributed by atoms with Crippen molar-refractivity contribution in [1.29, 1.82) is 0 Å². The van der Waals surface area contributed by atoms with Crippen molar-refractivity contribution in [3.05, 3.63) is 29.8 Å². The van der Waals surface area contributed by atoms with E-state index in [1.165, 1.54) is 17.7 Å². The van der Waals surface area contributed by atoms with Crippen molar-refractivity contribution in [3.63, 3.8) is 0 Å². The molecular weight excluding hydrogens is 284 g/mol. The Bertz CT molecular complexity index is 489. The standard InChI is InChI=1S/C16H22N2O2S/c19-16(18-14-5-3-7-21-11-14)17-9-12-8-13-4-1-2-6-15(13)20-10-12/h1-2,4,6,12,14H,3,5,7-11H2,(H2,17,18,19)/t12-,14-/m0/s1. The van der Waals surface area contributed by atoms with Gasteiger partial charge in [0.05, 0.1) is 6.61 Å². The third-order valence-corrected chi connectivity index (χ3v) is 5.22. The molecule has 0 saturated carbocycles. The highest BCUT2D eigenvalue weighted by molar-refractivity contribution is 7.99. The average molecular weight is 306 g/mol. The van der Waals surface area contributed by atoms with Crippen LogP contribution in [-0.2, 0) is 6.42 Å². The van der Waals surface area contributed by atoms with E-state index in [1.54, 1.807) is 0 Å². The van der Waals surface area contributed by atoms with Gasteiger partial charge in [0.15, 0.2) is 0 Å². The number of hydrogen-bond donors (Lipinski definition) is 2. The Balaban J connectivity index is 1.42. The number of urea groups is 1. The van der Waals surface area contributed by atoms with E-state index >= 15 is 0 Å². The molecule has 1 aromatic carbocycles. The molecule has 0 aromatic heterocycles. The van der Waals surface area contributed by atoms with Crippen LogP contribution in [0.1, 0.15) is 18.4 Å². The first kappa shape index (κ1) is 14.6. The number of hydrogen-bond acceptors (Lipinski definition) is 3. The summed E-state index contributed by atoms with van der Waals surface area (Å²) in [6, 6.07) is 8.42. The van der Waals surface area contributed by atoms with Crippen LogP contribution in [0.2, 0.25) is 0 Å². The Morgan fingerprint density at radius 1 is 1.38 bits per heavy atom. The van der Waals surface area contributed by atoms with Crippen LogP contribution in [0.3, 0.4) is 0 Å². The lowest BCUT2D eigenvalue weighted by Gasteiger charge is -2.26. The van der Waals surface area contributed by atoms with Gasteiger partial charge in [0.1, 0.15) is 5.75 Å². The molecule has 2 N–H and O–H groups in total. The minimum Gasteiger partial charge on any atom is -0.493 e. The molecule has 5 heteroatoms. The molecule has 2 amide bonds. The van der Waals surface area contributed by atoms with Gasteiger partial charge in [0.2, 0.25) is 0 Å². The maximum Gasteiger partial charge on any atom is 0.315 e. The fourth-order valence-electron chi connectivity index (χ4n) is 2.85. The van der Waals surface area contributed by atoms with Gasteiger partial charge in [-0.25, -0.2) is 4.79 Å². The van der Waals surface area contributed by atoms with Gasteiger partial charge in [-0.2, -0.15) is 11.8 Å². The number of carbonyl (C=O) groups is 1. The number of carbonyl (C=O) groups excluding carboxylic acids is 1. The first-order chi connectivity index (χ1) is 10.3. The van der Waals surface area contributed by atoms with Crippen LogP contribution in [0.25, 0.3) is 0 Å². The minimum atomic E-state index is -0.0404. The molecule has 21 heavy (non-hydrogen) atoms. The summed E-state index contributed by atoms with van der Waals surface area (Å²) in [6.45, 7) is 1.34. The number of nitrogens with one attached hydrogen (secondary N) is 2. The molecule has 1 fully saturated rings. The number of para-hydroxylation sites is 1. The van der Waals surface area contributed by atoms with Crippen molar-refractivity contribution in [1.82, 2.24) is 10.6 Å². The number of rotatable bonds is 3. The van der Waals surface area contributed by atoms with E-state index in [0.717, 1.165) is 24.3 Å². The Hall–Kier alpha value is -1.36. The first-order valence-electron chi connectivity index (χ1n) is 7.64. The molecule has 2 aliphatic heterocycles. The molecular formula is C16H22N2O2S. The van der Waals surface area contributed by atoms with E-state index < -0.39 is 0 Å². The second kappa shape index (κ2) is 7.07. The van der Waals surface area contributed by atoms with E-state index in [1.807, 2.05) is 30.0 Å². The number of thioether (sulfide) groups is 1. The summed E-state index contributed by atoms with van der Waals surface area (Å²) in [5.74, 6) is 3.59. The Morgan fingerprint density at radius 3 is 3.14 bits per heavy atom. The van der Waals surface area contributed by atoms with Gasteiger partial charge in [-0.3, -0.25) is 0 Å². The molecule has 114 valence electrons. The summed E-state index contributed by atoms with van der Waals surface area (Å²) in [7, 11) is 0. The van der Waals surface area contributed by atoms with Crippen LogP contribution in [0.5, 0.6) is 5.75 Å². The summed E-state index contributed by atoms with van der Waals surface area (Å²) in [5.41, 5.74) is 1.24. The quantitative estimate of drug-likeness (QED) is 0.902. The van der Waals surface area contributed by atoms with Crippen molar-refractivity contribution in [3.8, 4) is 5.75 Å². The first-order valence-corrected chi connectivity index (χ1v) is 8.79. The molecule has 3 rings (SSSR count). The molecule has 0 radical (unpaired) electrons. The van der Waals surface area contributed by atoms with Gasteiger partial charge >= 0.3 is 6.03 Å². The fraction of sp³-hybridized carbons (Fsp3) is 0.562. The fourth-order valence-corrected chi connectivity index (χ4v) is 3.92.